The average Bonchev–Trinajstić information content (AvgIpc) is 2.59. The summed E-state index contributed by atoms with van der Waals surface area (Å²) in [6.45, 7) is 6.91. The second-order valence-electron chi connectivity index (χ2n) is 4.99. The molecule has 0 aromatic rings. The summed E-state index contributed by atoms with van der Waals surface area (Å²) in [5.41, 5.74) is 0.642. The Bertz CT molecular complexity index is 168. The van der Waals surface area contributed by atoms with Crippen LogP contribution in [0, 0.1) is 5.41 Å². The van der Waals surface area contributed by atoms with Gasteiger partial charge in [-0.05, 0) is 18.3 Å². The average molecular weight is 154 g/mol. The van der Waals surface area contributed by atoms with E-state index in [0.717, 1.165) is 0 Å². The van der Waals surface area contributed by atoms with E-state index in [4.69, 9.17) is 4.74 Å². The highest BCUT2D eigenvalue weighted by atomic mass is 16.6. The Kier molecular flexibility index (Phi) is 1.39. The van der Waals surface area contributed by atoms with E-state index in [2.05, 4.69) is 20.8 Å². The van der Waals surface area contributed by atoms with Crippen LogP contribution in [0.25, 0.3) is 0 Å². The Balaban J connectivity index is 2.13. The highest BCUT2D eigenvalue weighted by Crippen LogP contribution is 2.57. The highest BCUT2D eigenvalue weighted by molar-refractivity contribution is 5.11. The van der Waals surface area contributed by atoms with Crippen molar-refractivity contribution in [2.75, 3.05) is 0 Å². The van der Waals surface area contributed by atoms with Gasteiger partial charge in [0.2, 0.25) is 0 Å². The molecule has 2 unspecified atom stereocenters. The molecule has 0 amide bonds. The molecule has 1 saturated carbocycles. The van der Waals surface area contributed by atoms with Crippen LogP contribution in [0.5, 0.6) is 0 Å². The minimum atomic E-state index is 0.283. The largest absolute Gasteiger partial charge is 0.365 e. The van der Waals surface area contributed by atoms with E-state index in [1.807, 2.05) is 0 Å². The molecular weight excluding hydrogens is 136 g/mol. The maximum atomic E-state index is 5.83. The topological polar surface area (TPSA) is 12.5 Å². The van der Waals surface area contributed by atoms with Crippen molar-refractivity contribution < 1.29 is 4.74 Å². The summed E-state index contributed by atoms with van der Waals surface area (Å²) in [6.07, 6.45) is 5.95. The lowest BCUT2D eigenvalue weighted by atomic mass is 9.72. The van der Waals surface area contributed by atoms with E-state index in [9.17, 15) is 0 Å². The van der Waals surface area contributed by atoms with Crippen molar-refractivity contribution in [1.82, 2.24) is 0 Å². The molecule has 2 fully saturated rings. The molecule has 0 radical (unpaired) electrons. The summed E-state index contributed by atoms with van der Waals surface area (Å²) < 4.78 is 5.83. The fourth-order valence-electron chi connectivity index (χ4n) is 2.48. The van der Waals surface area contributed by atoms with Gasteiger partial charge in [0.15, 0.2) is 0 Å². The van der Waals surface area contributed by atoms with E-state index in [-0.39, 0.29) is 5.60 Å². The zero-order chi connectivity index (χ0) is 8.11. The second kappa shape index (κ2) is 2.01. The molecule has 1 nitrogen and oxygen atoms in total. The van der Waals surface area contributed by atoms with Crippen LogP contribution in [0.1, 0.15) is 46.5 Å². The molecule has 0 aromatic heterocycles. The van der Waals surface area contributed by atoms with Gasteiger partial charge in [0.1, 0.15) is 0 Å². The van der Waals surface area contributed by atoms with Crippen molar-refractivity contribution >= 4 is 0 Å². The Morgan fingerprint density at radius 2 is 2.00 bits per heavy atom. The fraction of sp³-hybridized carbons (Fsp3) is 1.00. The maximum absolute atomic E-state index is 5.83. The highest BCUT2D eigenvalue weighted by Gasteiger charge is 2.63. The van der Waals surface area contributed by atoms with E-state index in [1.54, 1.807) is 0 Å². The number of hydrogen-bond acceptors (Lipinski definition) is 1. The normalized spacial score (nSPS) is 43.4. The Labute approximate surface area is 69.1 Å². The molecule has 0 N–H and O–H groups in total. The molecule has 1 heterocycles. The minimum Gasteiger partial charge on any atom is -0.365 e. The van der Waals surface area contributed by atoms with Crippen LogP contribution in [0.4, 0.5) is 0 Å². The van der Waals surface area contributed by atoms with E-state index < -0.39 is 0 Å². The maximum Gasteiger partial charge on any atom is 0.0996 e. The molecule has 2 atom stereocenters. The van der Waals surface area contributed by atoms with Crippen LogP contribution in [0.15, 0.2) is 0 Å². The van der Waals surface area contributed by atoms with Gasteiger partial charge in [-0.25, -0.2) is 0 Å². The Morgan fingerprint density at radius 3 is 2.45 bits per heavy atom. The fourth-order valence-corrected chi connectivity index (χ4v) is 2.48. The van der Waals surface area contributed by atoms with Crippen molar-refractivity contribution in [1.29, 1.82) is 0 Å². The molecular formula is C10H18O. The van der Waals surface area contributed by atoms with E-state index >= 15 is 0 Å². The van der Waals surface area contributed by atoms with Crippen LogP contribution >= 0.6 is 0 Å². The smallest absolute Gasteiger partial charge is 0.0996 e. The van der Waals surface area contributed by atoms with Crippen LogP contribution < -0.4 is 0 Å². The Hall–Kier alpha value is -0.0400. The van der Waals surface area contributed by atoms with Gasteiger partial charge in [-0.3, -0.25) is 0 Å². The van der Waals surface area contributed by atoms with Crippen LogP contribution in [-0.2, 0) is 4.74 Å². The first-order chi connectivity index (χ1) is 5.06. The van der Waals surface area contributed by atoms with Gasteiger partial charge in [0, 0.05) is 0 Å². The molecule has 64 valence electrons. The first-order valence-electron chi connectivity index (χ1n) is 4.74. The van der Waals surface area contributed by atoms with Crippen molar-refractivity contribution in [2.24, 2.45) is 5.41 Å². The lowest BCUT2D eigenvalue weighted by molar-refractivity contribution is 0.143. The molecule has 1 heteroatoms. The Morgan fingerprint density at radius 1 is 1.27 bits per heavy atom. The number of rotatable bonds is 0. The zero-order valence-corrected chi connectivity index (χ0v) is 7.81. The van der Waals surface area contributed by atoms with E-state index in [1.165, 1.54) is 25.7 Å². The van der Waals surface area contributed by atoms with Crippen molar-refractivity contribution in [3.63, 3.8) is 0 Å². The predicted octanol–water partition coefficient (Wildman–Crippen LogP) is 2.74. The molecule has 1 saturated heterocycles. The second-order valence-corrected chi connectivity index (χ2v) is 4.99. The van der Waals surface area contributed by atoms with Gasteiger partial charge in [-0.2, -0.15) is 0 Å². The van der Waals surface area contributed by atoms with Crippen molar-refractivity contribution in [2.45, 2.75) is 58.2 Å². The molecule has 1 aliphatic carbocycles. The molecule has 0 aromatic carbocycles. The van der Waals surface area contributed by atoms with E-state index in [0.29, 0.717) is 11.5 Å². The van der Waals surface area contributed by atoms with Gasteiger partial charge in [-0.15, -0.1) is 0 Å². The quantitative estimate of drug-likeness (QED) is 0.489. The summed E-state index contributed by atoms with van der Waals surface area (Å²) in [7, 11) is 0. The monoisotopic (exact) mass is 154 g/mol. The van der Waals surface area contributed by atoms with Gasteiger partial charge in [0.05, 0.1) is 11.7 Å². The summed E-state index contributed by atoms with van der Waals surface area (Å²) in [4.78, 5) is 0. The standard InChI is InChI=1S/C10H18O/c1-9(2,3)10-7-5-4-6-8(10)11-10/h8H,4-7H2,1-3H3. The molecule has 2 aliphatic rings. The molecule has 11 heavy (non-hydrogen) atoms. The first-order valence-corrected chi connectivity index (χ1v) is 4.74. The molecule has 0 spiro atoms. The molecule has 1 aliphatic heterocycles. The third-order valence-corrected chi connectivity index (χ3v) is 3.35. The van der Waals surface area contributed by atoms with Crippen LogP contribution in [-0.4, -0.2) is 11.7 Å². The third kappa shape index (κ3) is 0.936. The first kappa shape index (κ1) is 7.60. The lowest BCUT2D eigenvalue weighted by Crippen LogP contribution is -2.34. The molecule has 0 bridgehead atoms. The van der Waals surface area contributed by atoms with Crippen LogP contribution in [0.2, 0.25) is 0 Å². The zero-order valence-electron chi connectivity index (χ0n) is 7.81. The van der Waals surface area contributed by atoms with Gasteiger partial charge >= 0.3 is 0 Å². The summed E-state index contributed by atoms with van der Waals surface area (Å²) >= 11 is 0. The number of fused-ring (bicyclic) bond motifs is 1. The van der Waals surface area contributed by atoms with Gasteiger partial charge < -0.3 is 4.74 Å². The lowest BCUT2D eigenvalue weighted by Gasteiger charge is -2.30. The van der Waals surface area contributed by atoms with Gasteiger partial charge in [0.25, 0.3) is 0 Å². The summed E-state index contributed by atoms with van der Waals surface area (Å²) in [6, 6.07) is 0. The summed E-state index contributed by atoms with van der Waals surface area (Å²) in [5, 5.41) is 0. The van der Waals surface area contributed by atoms with Crippen LogP contribution in [0.3, 0.4) is 0 Å². The SMILES string of the molecule is CC(C)(C)C12CCCCC1O2. The number of hydrogen-bond donors (Lipinski definition) is 0. The number of epoxide rings is 1. The van der Waals surface area contributed by atoms with Crippen molar-refractivity contribution in [3.05, 3.63) is 0 Å². The number of ether oxygens (including phenoxy) is 1. The summed E-state index contributed by atoms with van der Waals surface area (Å²) in [5.74, 6) is 0. The van der Waals surface area contributed by atoms with Crippen molar-refractivity contribution in [3.8, 4) is 0 Å². The minimum absolute atomic E-state index is 0.283. The molecule has 2 rings (SSSR count). The van der Waals surface area contributed by atoms with Gasteiger partial charge in [-0.1, -0.05) is 33.6 Å². The third-order valence-electron chi connectivity index (χ3n) is 3.35. The predicted molar refractivity (Wildman–Crippen MR) is 45.5 cm³/mol.